The van der Waals surface area contributed by atoms with Gasteiger partial charge in [-0.2, -0.15) is 0 Å². The van der Waals surface area contributed by atoms with E-state index >= 15 is 0 Å². The summed E-state index contributed by atoms with van der Waals surface area (Å²) in [5, 5.41) is 6.62. The third kappa shape index (κ3) is 5.83. The summed E-state index contributed by atoms with van der Waals surface area (Å²) in [4.78, 5) is 11.9. The average molecular weight is 348 g/mol. The summed E-state index contributed by atoms with van der Waals surface area (Å²) in [6.45, 7) is 6.80. The molecule has 1 atom stereocenters. The minimum Gasteiger partial charge on any atom is -0.373 e. The van der Waals surface area contributed by atoms with Crippen molar-refractivity contribution in [2.75, 3.05) is 11.9 Å². The van der Waals surface area contributed by atoms with Crippen LogP contribution in [0.1, 0.15) is 27.2 Å². The number of anilines is 1. The molecule has 5 heteroatoms. The zero-order valence-electron chi connectivity index (χ0n) is 11.5. The molecule has 19 heavy (non-hydrogen) atoms. The standard InChI is InChI=1S/C14H20BrClN2O/c1-9(2)6-7-17-14(19)10(3)18-13-5-4-11(15)8-12(13)16/h4-5,8-10,18H,6-7H2,1-3H3,(H,17,19). The van der Waals surface area contributed by atoms with Crippen LogP contribution in [0.5, 0.6) is 0 Å². The normalized spacial score (nSPS) is 12.3. The summed E-state index contributed by atoms with van der Waals surface area (Å²) >= 11 is 9.45. The number of nitrogens with one attached hydrogen (secondary N) is 2. The van der Waals surface area contributed by atoms with Crippen molar-refractivity contribution in [3.8, 4) is 0 Å². The Morgan fingerprint density at radius 3 is 2.63 bits per heavy atom. The summed E-state index contributed by atoms with van der Waals surface area (Å²) in [6, 6.07) is 5.22. The molecule has 0 fully saturated rings. The predicted octanol–water partition coefficient (Wildman–Crippen LogP) is 4.07. The first-order valence-corrected chi connectivity index (χ1v) is 7.56. The summed E-state index contributed by atoms with van der Waals surface area (Å²) in [5.41, 5.74) is 0.761. The molecule has 1 rings (SSSR count). The number of halogens is 2. The Balaban J connectivity index is 2.49. The van der Waals surface area contributed by atoms with Crippen LogP contribution in [0, 0.1) is 5.92 Å². The van der Waals surface area contributed by atoms with Crippen LogP contribution in [0.25, 0.3) is 0 Å². The van der Waals surface area contributed by atoms with Gasteiger partial charge in [-0.3, -0.25) is 4.79 Å². The second kappa shape index (κ2) is 7.75. The molecule has 0 aliphatic rings. The summed E-state index contributed by atoms with van der Waals surface area (Å²) < 4.78 is 0.914. The maximum atomic E-state index is 11.9. The first-order valence-electron chi connectivity index (χ1n) is 6.39. The average Bonchev–Trinajstić information content (AvgIpc) is 2.32. The topological polar surface area (TPSA) is 41.1 Å². The Kier molecular flexibility index (Phi) is 6.66. The van der Waals surface area contributed by atoms with Gasteiger partial charge in [0.1, 0.15) is 6.04 Å². The number of benzene rings is 1. The smallest absolute Gasteiger partial charge is 0.242 e. The van der Waals surface area contributed by atoms with Crippen LogP contribution >= 0.6 is 27.5 Å². The minimum absolute atomic E-state index is 0.0142. The maximum absolute atomic E-state index is 11.9. The molecule has 1 aromatic carbocycles. The Bertz CT molecular complexity index is 437. The minimum atomic E-state index is -0.314. The monoisotopic (exact) mass is 346 g/mol. The molecule has 1 amide bonds. The van der Waals surface area contributed by atoms with Crippen molar-refractivity contribution in [3.63, 3.8) is 0 Å². The quantitative estimate of drug-likeness (QED) is 0.814. The van der Waals surface area contributed by atoms with E-state index in [2.05, 4.69) is 40.4 Å². The van der Waals surface area contributed by atoms with Crippen LogP contribution in [-0.2, 0) is 4.79 Å². The molecule has 0 radical (unpaired) electrons. The number of hydrogen-bond donors (Lipinski definition) is 2. The second-order valence-electron chi connectivity index (χ2n) is 4.96. The Labute approximate surface area is 128 Å². The van der Waals surface area contributed by atoms with Gasteiger partial charge in [0.25, 0.3) is 0 Å². The van der Waals surface area contributed by atoms with Crippen molar-refractivity contribution < 1.29 is 4.79 Å². The van der Waals surface area contributed by atoms with Crippen LogP contribution in [0.3, 0.4) is 0 Å². The fraction of sp³-hybridized carbons (Fsp3) is 0.500. The highest BCUT2D eigenvalue weighted by atomic mass is 79.9. The first kappa shape index (κ1) is 16.3. The van der Waals surface area contributed by atoms with E-state index < -0.39 is 0 Å². The highest BCUT2D eigenvalue weighted by Gasteiger charge is 2.13. The number of carbonyl (C=O) groups excluding carboxylic acids is 1. The van der Waals surface area contributed by atoms with Crippen molar-refractivity contribution in [1.29, 1.82) is 0 Å². The van der Waals surface area contributed by atoms with Crippen molar-refractivity contribution in [2.45, 2.75) is 33.2 Å². The molecule has 1 aromatic rings. The lowest BCUT2D eigenvalue weighted by Crippen LogP contribution is -2.38. The van der Waals surface area contributed by atoms with Crippen molar-refractivity contribution in [3.05, 3.63) is 27.7 Å². The largest absolute Gasteiger partial charge is 0.373 e. The molecule has 2 N–H and O–H groups in total. The van der Waals surface area contributed by atoms with Gasteiger partial charge in [-0.25, -0.2) is 0 Å². The van der Waals surface area contributed by atoms with E-state index in [1.807, 2.05) is 19.1 Å². The van der Waals surface area contributed by atoms with Gasteiger partial charge in [0.15, 0.2) is 0 Å². The fourth-order valence-electron chi connectivity index (χ4n) is 1.54. The molecule has 0 saturated carbocycles. The predicted molar refractivity (Wildman–Crippen MR) is 84.7 cm³/mol. The van der Waals surface area contributed by atoms with Gasteiger partial charge in [-0.15, -0.1) is 0 Å². The Morgan fingerprint density at radius 1 is 1.37 bits per heavy atom. The van der Waals surface area contributed by atoms with Gasteiger partial charge in [0.2, 0.25) is 5.91 Å². The number of amides is 1. The van der Waals surface area contributed by atoms with Gasteiger partial charge >= 0.3 is 0 Å². The van der Waals surface area contributed by atoms with Crippen molar-refractivity contribution >= 4 is 39.1 Å². The van der Waals surface area contributed by atoms with E-state index in [1.165, 1.54) is 0 Å². The molecule has 0 bridgehead atoms. The van der Waals surface area contributed by atoms with Gasteiger partial charge < -0.3 is 10.6 Å². The van der Waals surface area contributed by atoms with Crippen molar-refractivity contribution in [1.82, 2.24) is 5.32 Å². The van der Waals surface area contributed by atoms with Gasteiger partial charge in [-0.05, 0) is 37.5 Å². The Hall–Kier alpha value is -0.740. The van der Waals surface area contributed by atoms with Crippen LogP contribution in [0.15, 0.2) is 22.7 Å². The van der Waals surface area contributed by atoms with Crippen LogP contribution < -0.4 is 10.6 Å². The SMILES string of the molecule is CC(C)CCNC(=O)C(C)Nc1ccc(Br)cc1Cl. The van der Waals surface area contributed by atoms with E-state index in [0.29, 0.717) is 17.5 Å². The first-order chi connectivity index (χ1) is 8.90. The van der Waals surface area contributed by atoms with Gasteiger partial charge in [0, 0.05) is 11.0 Å². The second-order valence-corrected chi connectivity index (χ2v) is 6.29. The zero-order chi connectivity index (χ0) is 14.4. The van der Waals surface area contributed by atoms with E-state index in [0.717, 1.165) is 16.6 Å². The molecule has 106 valence electrons. The molecule has 0 spiro atoms. The van der Waals surface area contributed by atoms with Gasteiger partial charge in [-0.1, -0.05) is 41.4 Å². The van der Waals surface area contributed by atoms with Crippen LogP contribution in [0.4, 0.5) is 5.69 Å². The van der Waals surface area contributed by atoms with E-state index in [1.54, 1.807) is 6.07 Å². The molecule has 1 unspecified atom stereocenters. The van der Waals surface area contributed by atoms with Crippen LogP contribution in [0.2, 0.25) is 5.02 Å². The highest BCUT2D eigenvalue weighted by molar-refractivity contribution is 9.10. The molecule has 0 aromatic heterocycles. The summed E-state index contributed by atoms with van der Waals surface area (Å²) in [7, 11) is 0. The van der Waals surface area contributed by atoms with E-state index in [9.17, 15) is 4.79 Å². The van der Waals surface area contributed by atoms with Crippen molar-refractivity contribution in [2.24, 2.45) is 5.92 Å². The molecule has 3 nitrogen and oxygen atoms in total. The molecule has 0 aliphatic carbocycles. The molecule has 0 saturated heterocycles. The lowest BCUT2D eigenvalue weighted by molar-refractivity contribution is -0.121. The van der Waals surface area contributed by atoms with E-state index in [4.69, 9.17) is 11.6 Å². The van der Waals surface area contributed by atoms with Gasteiger partial charge in [0.05, 0.1) is 10.7 Å². The third-order valence-corrected chi connectivity index (χ3v) is 3.52. The third-order valence-electron chi connectivity index (χ3n) is 2.72. The highest BCUT2D eigenvalue weighted by Crippen LogP contribution is 2.26. The van der Waals surface area contributed by atoms with E-state index in [-0.39, 0.29) is 11.9 Å². The molecule has 0 heterocycles. The summed E-state index contributed by atoms with van der Waals surface area (Å²) in [6.07, 6.45) is 0.984. The molecular formula is C14H20BrClN2O. The number of carbonyl (C=O) groups is 1. The number of rotatable bonds is 6. The molecular weight excluding hydrogens is 328 g/mol. The lowest BCUT2D eigenvalue weighted by atomic mass is 10.1. The van der Waals surface area contributed by atoms with Crippen LogP contribution in [-0.4, -0.2) is 18.5 Å². The number of hydrogen-bond acceptors (Lipinski definition) is 2. The lowest BCUT2D eigenvalue weighted by Gasteiger charge is -2.16. The zero-order valence-corrected chi connectivity index (χ0v) is 13.8. The maximum Gasteiger partial charge on any atom is 0.242 e. The Morgan fingerprint density at radius 2 is 2.05 bits per heavy atom. The fourth-order valence-corrected chi connectivity index (χ4v) is 2.27. The molecule has 0 aliphatic heterocycles. The summed E-state index contributed by atoms with van der Waals surface area (Å²) in [5.74, 6) is 0.573.